The van der Waals surface area contributed by atoms with E-state index in [1.807, 2.05) is 14.0 Å². The lowest BCUT2D eigenvalue weighted by atomic mass is 10.1. The van der Waals surface area contributed by atoms with Crippen LogP contribution < -0.4 is 5.73 Å². The number of aromatic nitrogens is 2. The largest absolute Gasteiger partial charge is 0.394 e. The predicted molar refractivity (Wildman–Crippen MR) is 42.0 cm³/mol. The van der Waals surface area contributed by atoms with Crippen molar-refractivity contribution in [3.8, 4) is 0 Å². The van der Waals surface area contributed by atoms with Crippen LogP contribution in [0.1, 0.15) is 17.3 Å². The topological polar surface area (TPSA) is 64.1 Å². The molecule has 0 aliphatic carbocycles. The van der Waals surface area contributed by atoms with Crippen molar-refractivity contribution in [3.63, 3.8) is 0 Å². The summed E-state index contributed by atoms with van der Waals surface area (Å²) < 4.78 is 1.69. The first-order valence-electron chi connectivity index (χ1n) is 3.51. The van der Waals surface area contributed by atoms with E-state index >= 15 is 0 Å². The van der Waals surface area contributed by atoms with Crippen molar-refractivity contribution in [2.75, 3.05) is 6.61 Å². The van der Waals surface area contributed by atoms with Gasteiger partial charge in [-0.25, -0.2) is 0 Å². The molecule has 3 N–H and O–H groups in total. The van der Waals surface area contributed by atoms with Crippen LogP contribution in [-0.2, 0) is 7.05 Å². The highest BCUT2D eigenvalue weighted by Crippen LogP contribution is 2.12. The molecule has 0 fully saturated rings. The van der Waals surface area contributed by atoms with E-state index in [9.17, 15) is 0 Å². The summed E-state index contributed by atoms with van der Waals surface area (Å²) >= 11 is 0. The van der Waals surface area contributed by atoms with Gasteiger partial charge in [0.05, 0.1) is 24.5 Å². The second kappa shape index (κ2) is 3.02. The molecule has 1 atom stereocenters. The average Bonchev–Trinajstić information content (AvgIpc) is 2.30. The molecule has 0 aliphatic rings. The maximum Gasteiger partial charge on any atom is 0.0704 e. The fourth-order valence-corrected chi connectivity index (χ4v) is 1.18. The fourth-order valence-electron chi connectivity index (χ4n) is 1.18. The normalized spacial score (nSPS) is 13.5. The van der Waals surface area contributed by atoms with Crippen molar-refractivity contribution in [1.29, 1.82) is 0 Å². The Bertz CT molecular complexity index is 224. The number of aliphatic hydroxyl groups is 1. The van der Waals surface area contributed by atoms with Gasteiger partial charge in [0.25, 0.3) is 0 Å². The Kier molecular flexibility index (Phi) is 2.26. The Morgan fingerprint density at radius 1 is 1.82 bits per heavy atom. The molecule has 0 spiro atoms. The molecule has 1 heterocycles. The minimum Gasteiger partial charge on any atom is -0.394 e. The van der Waals surface area contributed by atoms with Gasteiger partial charge in [0, 0.05) is 7.05 Å². The van der Waals surface area contributed by atoms with Crippen molar-refractivity contribution < 1.29 is 5.11 Å². The third-order valence-corrected chi connectivity index (χ3v) is 1.73. The third-order valence-electron chi connectivity index (χ3n) is 1.73. The van der Waals surface area contributed by atoms with Crippen LogP contribution in [0.5, 0.6) is 0 Å². The molecule has 0 saturated carbocycles. The Morgan fingerprint density at radius 2 is 2.45 bits per heavy atom. The summed E-state index contributed by atoms with van der Waals surface area (Å²) in [6.07, 6.45) is 1.74. The van der Waals surface area contributed by atoms with Gasteiger partial charge in [-0.05, 0) is 12.5 Å². The van der Waals surface area contributed by atoms with Crippen molar-refractivity contribution in [2.45, 2.75) is 13.0 Å². The predicted octanol–water partition coefficient (Wildman–Crippen LogP) is -0.279. The Hall–Kier alpha value is -0.870. The smallest absolute Gasteiger partial charge is 0.0704 e. The molecule has 62 valence electrons. The second-order valence-corrected chi connectivity index (χ2v) is 2.63. The number of hydrogen-bond acceptors (Lipinski definition) is 3. The van der Waals surface area contributed by atoms with Crippen molar-refractivity contribution >= 4 is 0 Å². The maximum atomic E-state index is 8.79. The van der Waals surface area contributed by atoms with Gasteiger partial charge in [-0.1, -0.05) is 0 Å². The van der Waals surface area contributed by atoms with Gasteiger partial charge in [0.15, 0.2) is 0 Å². The van der Waals surface area contributed by atoms with Gasteiger partial charge in [-0.15, -0.1) is 0 Å². The standard InChI is InChI=1S/C7H13N3O/c1-5-3-9-10(2)7(5)6(8)4-11/h3,6,11H,4,8H2,1-2H3/t6-/m0/s1. The van der Waals surface area contributed by atoms with E-state index in [1.165, 1.54) is 0 Å². The fraction of sp³-hybridized carbons (Fsp3) is 0.571. The van der Waals surface area contributed by atoms with Crippen LogP contribution >= 0.6 is 0 Å². The number of rotatable bonds is 2. The van der Waals surface area contributed by atoms with Crippen LogP contribution in [0.3, 0.4) is 0 Å². The molecule has 0 radical (unpaired) electrons. The molecule has 0 aromatic carbocycles. The van der Waals surface area contributed by atoms with Gasteiger partial charge < -0.3 is 10.8 Å². The minimum absolute atomic E-state index is 0.0413. The summed E-state index contributed by atoms with van der Waals surface area (Å²) in [6.45, 7) is 1.89. The molecule has 0 aliphatic heterocycles. The molecule has 0 bridgehead atoms. The molecule has 11 heavy (non-hydrogen) atoms. The lowest BCUT2D eigenvalue weighted by molar-refractivity contribution is 0.262. The second-order valence-electron chi connectivity index (χ2n) is 2.63. The molecule has 4 nitrogen and oxygen atoms in total. The van der Waals surface area contributed by atoms with E-state index in [0.717, 1.165) is 11.3 Å². The van der Waals surface area contributed by atoms with Crippen molar-refractivity contribution in [1.82, 2.24) is 9.78 Å². The zero-order chi connectivity index (χ0) is 8.43. The van der Waals surface area contributed by atoms with E-state index in [0.29, 0.717) is 0 Å². The summed E-state index contributed by atoms with van der Waals surface area (Å²) in [6, 6.07) is -0.317. The van der Waals surface area contributed by atoms with E-state index < -0.39 is 0 Å². The quantitative estimate of drug-likeness (QED) is 0.617. The van der Waals surface area contributed by atoms with Gasteiger partial charge in [-0.3, -0.25) is 4.68 Å². The van der Waals surface area contributed by atoms with Crippen LogP contribution in [0.4, 0.5) is 0 Å². The molecule has 1 aromatic rings. The number of nitrogens with two attached hydrogens (primary N) is 1. The molecule has 0 amide bonds. The van der Waals surface area contributed by atoms with Gasteiger partial charge >= 0.3 is 0 Å². The van der Waals surface area contributed by atoms with Gasteiger partial charge in [0.1, 0.15) is 0 Å². The summed E-state index contributed by atoms with van der Waals surface area (Å²) in [5.41, 5.74) is 7.55. The summed E-state index contributed by atoms with van der Waals surface area (Å²) in [5, 5.41) is 12.8. The average molecular weight is 155 g/mol. The molecule has 0 unspecified atom stereocenters. The number of hydrogen-bond donors (Lipinski definition) is 2. The molecule has 4 heteroatoms. The van der Waals surface area contributed by atoms with E-state index in [4.69, 9.17) is 10.8 Å². The highest BCUT2D eigenvalue weighted by molar-refractivity contribution is 5.18. The first-order chi connectivity index (χ1) is 5.16. The Labute approximate surface area is 65.6 Å². The monoisotopic (exact) mass is 155 g/mol. The van der Waals surface area contributed by atoms with Crippen molar-refractivity contribution in [3.05, 3.63) is 17.5 Å². The summed E-state index contributed by atoms with van der Waals surface area (Å²) in [4.78, 5) is 0. The molecule has 0 saturated heterocycles. The Balaban J connectivity index is 3.00. The number of nitrogens with zero attached hydrogens (tertiary/aromatic N) is 2. The first kappa shape index (κ1) is 8.23. The van der Waals surface area contributed by atoms with E-state index in [1.54, 1.807) is 10.9 Å². The van der Waals surface area contributed by atoms with Crippen LogP contribution in [0.15, 0.2) is 6.20 Å². The van der Waals surface area contributed by atoms with Crippen molar-refractivity contribution in [2.24, 2.45) is 12.8 Å². The maximum absolute atomic E-state index is 8.79. The first-order valence-corrected chi connectivity index (χ1v) is 3.51. The number of aryl methyl sites for hydroxylation is 2. The third kappa shape index (κ3) is 1.41. The molecular weight excluding hydrogens is 142 g/mol. The zero-order valence-corrected chi connectivity index (χ0v) is 6.78. The zero-order valence-electron chi connectivity index (χ0n) is 6.78. The van der Waals surface area contributed by atoms with Gasteiger partial charge in [0.2, 0.25) is 0 Å². The lowest BCUT2D eigenvalue weighted by Gasteiger charge is -2.09. The highest BCUT2D eigenvalue weighted by atomic mass is 16.3. The van der Waals surface area contributed by atoms with Crippen LogP contribution in [0, 0.1) is 6.92 Å². The van der Waals surface area contributed by atoms with E-state index in [-0.39, 0.29) is 12.6 Å². The summed E-state index contributed by atoms with van der Waals surface area (Å²) in [7, 11) is 1.82. The van der Waals surface area contributed by atoms with Crippen LogP contribution in [-0.4, -0.2) is 21.5 Å². The SMILES string of the molecule is Cc1cnn(C)c1[C@@H](N)CO. The molecule has 1 rings (SSSR count). The van der Waals surface area contributed by atoms with Crippen LogP contribution in [0.25, 0.3) is 0 Å². The highest BCUT2D eigenvalue weighted by Gasteiger charge is 2.11. The lowest BCUT2D eigenvalue weighted by Crippen LogP contribution is -2.19. The van der Waals surface area contributed by atoms with Crippen LogP contribution in [0.2, 0.25) is 0 Å². The summed E-state index contributed by atoms with van der Waals surface area (Å²) in [5.74, 6) is 0. The van der Waals surface area contributed by atoms with Gasteiger partial charge in [-0.2, -0.15) is 5.10 Å². The molecule has 1 aromatic heterocycles. The number of aliphatic hydroxyl groups excluding tert-OH is 1. The molecular formula is C7H13N3O. The minimum atomic E-state index is -0.317. The van der Waals surface area contributed by atoms with E-state index in [2.05, 4.69) is 5.10 Å². The Morgan fingerprint density at radius 3 is 2.82 bits per heavy atom.